The van der Waals surface area contributed by atoms with Gasteiger partial charge in [0.1, 0.15) is 0 Å². The fourth-order valence-corrected chi connectivity index (χ4v) is 0.902. The number of hydrogen-bond donors (Lipinski definition) is 1. The molecule has 1 rings (SSSR count). The van der Waals surface area contributed by atoms with E-state index in [9.17, 15) is 0 Å². The Bertz CT molecular complexity index is 228. The molecule has 0 aliphatic heterocycles. The molecule has 0 saturated heterocycles. The molecule has 1 heteroatoms. The van der Waals surface area contributed by atoms with E-state index < -0.39 is 0 Å². The fraction of sp³-hybridized carbons (Fsp3) is 0.455. The van der Waals surface area contributed by atoms with Crippen LogP contribution in [0.3, 0.4) is 0 Å². The van der Waals surface area contributed by atoms with Gasteiger partial charge in [-0.2, -0.15) is 0 Å². The van der Waals surface area contributed by atoms with Gasteiger partial charge in [-0.15, -0.1) is 0 Å². The minimum Gasteiger partial charge on any atom is -0.392 e. The van der Waals surface area contributed by atoms with Gasteiger partial charge >= 0.3 is 0 Å². The molecule has 0 saturated carbocycles. The molecule has 1 aromatic carbocycles. The molecular weight excluding hydrogens is 148 g/mol. The monoisotopic (exact) mass is 166 g/mol. The van der Waals surface area contributed by atoms with Crippen molar-refractivity contribution in [1.29, 1.82) is 0 Å². The third-order valence-corrected chi connectivity index (χ3v) is 1.75. The van der Waals surface area contributed by atoms with Gasteiger partial charge in [-0.3, -0.25) is 0 Å². The predicted octanol–water partition coefficient (Wildman–Crippen LogP) is 2.82. The number of aliphatic hydroxyl groups is 1. The molecule has 0 aromatic heterocycles. The predicted molar refractivity (Wildman–Crippen MR) is 53.2 cm³/mol. The Morgan fingerprint density at radius 3 is 2.08 bits per heavy atom. The van der Waals surface area contributed by atoms with Crippen molar-refractivity contribution in [3.8, 4) is 0 Å². The van der Waals surface area contributed by atoms with E-state index in [1.54, 1.807) is 0 Å². The summed E-state index contributed by atoms with van der Waals surface area (Å²) in [4.78, 5) is 0. The van der Waals surface area contributed by atoms with E-state index in [0.717, 1.165) is 5.56 Å². The number of aryl methyl sites for hydroxylation is 2. The molecule has 0 aliphatic carbocycles. The second-order valence-electron chi connectivity index (χ2n) is 2.58. The van der Waals surface area contributed by atoms with Crippen LogP contribution < -0.4 is 0 Å². The second-order valence-corrected chi connectivity index (χ2v) is 2.58. The maximum Gasteiger partial charge on any atom is 0.0681 e. The summed E-state index contributed by atoms with van der Waals surface area (Å²) < 4.78 is 0. The van der Waals surface area contributed by atoms with E-state index >= 15 is 0 Å². The van der Waals surface area contributed by atoms with Crippen LogP contribution in [0.2, 0.25) is 0 Å². The summed E-state index contributed by atoms with van der Waals surface area (Å²) in [5.74, 6) is 0. The van der Waals surface area contributed by atoms with Crippen LogP contribution in [0, 0.1) is 13.8 Å². The van der Waals surface area contributed by atoms with Gasteiger partial charge in [0.15, 0.2) is 0 Å². The first-order valence-corrected chi connectivity index (χ1v) is 4.41. The summed E-state index contributed by atoms with van der Waals surface area (Å²) in [5, 5.41) is 8.75. The largest absolute Gasteiger partial charge is 0.392 e. The first kappa shape index (κ1) is 11.2. The van der Waals surface area contributed by atoms with E-state index in [1.165, 1.54) is 11.1 Å². The lowest BCUT2D eigenvalue weighted by Crippen LogP contribution is -1.86. The third-order valence-electron chi connectivity index (χ3n) is 1.75. The van der Waals surface area contributed by atoms with Gasteiger partial charge in [0.05, 0.1) is 6.61 Å². The van der Waals surface area contributed by atoms with E-state index in [2.05, 4.69) is 13.8 Å². The molecule has 1 nitrogen and oxygen atoms in total. The van der Waals surface area contributed by atoms with Crippen molar-refractivity contribution in [2.45, 2.75) is 34.3 Å². The quantitative estimate of drug-likeness (QED) is 0.680. The van der Waals surface area contributed by atoms with E-state index in [-0.39, 0.29) is 6.61 Å². The standard InChI is InChI=1S/C9H12O.C2H6/c1-7-3-4-9(6-10)5-8(7)2;1-2/h3-5,10H,6H2,1-2H3;1-2H3. The number of hydrogen-bond acceptors (Lipinski definition) is 1. The molecule has 0 spiro atoms. The molecule has 0 fully saturated rings. The zero-order chi connectivity index (χ0) is 9.56. The Kier molecular flexibility index (Phi) is 5.39. The molecule has 1 N–H and O–H groups in total. The molecule has 0 radical (unpaired) electrons. The van der Waals surface area contributed by atoms with Gasteiger partial charge < -0.3 is 5.11 Å². The zero-order valence-electron chi connectivity index (χ0n) is 8.39. The Hall–Kier alpha value is -0.820. The molecular formula is C11H18O. The van der Waals surface area contributed by atoms with Gasteiger partial charge in [-0.05, 0) is 30.5 Å². The minimum absolute atomic E-state index is 0.140. The Morgan fingerprint density at radius 1 is 1.08 bits per heavy atom. The summed E-state index contributed by atoms with van der Waals surface area (Å²) in [6, 6.07) is 5.98. The topological polar surface area (TPSA) is 20.2 Å². The molecule has 0 unspecified atom stereocenters. The van der Waals surface area contributed by atoms with Crippen molar-refractivity contribution in [3.63, 3.8) is 0 Å². The van der Waals surface area contributed by atoms with Crippen molar-refractivity contribution >= 4 is 0 Å². The highest BCUT2D eigenvalue weighted by atomic mass is 16.3. The van der Waals surface area contributed by atoms with Crippen molar-refractivity contribution in [2.24, 2.45) is 0 Å². The number of aliphatic hydroxyl groups excluding tert-OH is 1. The average Bonchev–Trinajstić information content (AvgIpc) is 2.13. The first-order valence-electron chi connectivity index (χ1n) is 4.41. The second kappa shape index (κ2) is 5.78. The molecule has 1 aromatic rings. The SMILES string of the molecule is CC.Cc1ccc(CO)cc1C. The molecule has 12 heavy (non-hydrogen) atoms. The van der Waals surface area contributed by atoms with Crippen LogP contribution in [0.25, 0.3) is 0 Å². The Morgan fingerprint density at radius 2 is 1.67 bits per heavy atom. The number of benzene rings is 1. The maximum absolute atomic E-state index is 8.75. The summed E-state index contributed by atoms with van der Waals surface area (Å²) >= 11 is 0. The highest BCUT2D eigenvalue weighted by Crippen LogP contribution is 2.08. The molecule has 0 atom stereocenters. The highest BCUT2D eigenvalue weighted by Gasteiger charge is 1.92. The van der Waals surface area contributed by atoms with Crippen LogP contribution in [0.4, 0.5) is 0 Å². The van der Waals surface area contributed by atoms with Crippen LogP contribution in [0.1, 0.15) is 30.5 Å². The number of rotatable bonds is 1. The van der Waals surface area contributed by atoms with Gasteiger partial charge in [-0.1, -0.05) is 32.0 Å². The smallest absolute Gasteiger partial charge is 0.0681 e. The van der Waals surface area contributed by atoms with Crippen LogP contribution in [-0.4, -0.2) is 5.11 Å². The Labute approximate surface area is 75.1 Å². The summed E-state index contributed by atoms with van der Waals surface area (Å²) in [5.41, 5.74) is 3.51. The van der Waals surface area contributed by atoms with Crippen LogP contribution in [0.5, 0.6) is 0 Å². The van der Waals surface area contributed by atoms with E-state index in [4.69, 9.17) is 5.11 Å². The summed E-state index contributed by atoms with van der Waals surface area (Å²) in [6.45, 7) is 8.26. The fourth-order valence-electron chi connectivity index (χ4n) is 0.902. The normalized spacial score (nSPS) is 8.75. The van der Waals surface area contributed by atoms with Gasteiger partial charge in [0, 0.05) is 0 Å². The lowest BCUT2D eigenvalue weighted by molar-refractivity contribution is 0.282. The van der Waals surface area contributed by atoms with Gasteiger partial charge in [0.2, 0.25) is 0 Å². The van der Waals surface area contributed by atoms with Gasteiger partial charge in [-0.25, -0.2) is 0 Å². The summed E-state index contributed by atoms with van der Waals surface area (Å²) in [6.07, 6.45) is 0. The molecule has 68 valence electrons. The molecule has 0 aliphatic rings. The van der Waals surface area contributed by atoms with Crippen molar-refractivity contribution in [2.75, 3.05) is 0 Å². The van der Waals surface area contributed by atoms with Crippen LogP contribution in [-0.2, 0) is 6.61 Å². The average molecular weight is 166 g/mol. The van der Waals surface area contributed by atoms with Crippen molar-refractivity contribution in [1.82, 2.24) is 0 Å². The van der Waals surface area contributed by atoms with Crippen molar-refractivity contribution in [3.05, 3.63) is 34.9 Å². The van der Waals surface area contributed by atoms with Crippen molar-refractivity contribution < 1.29 is 5.11 Å². The lowest BCUT2D eigenvalue weighted by Gasteiger charge is -2.00. The van der Waals surface area contributed by atoms with E-state index in [1.807, 2.05) is 32.0 Å². The van der Waals surface area contributed by atoms with Gasteiger partial charge in [0.25, 0.3) is 0 Å². The third kappa shape index (κ3) is 3.05. The zero-order valence-corrected chi connectivity index (χ0v) is 8.39. The lowest BCUT2D eigenvalue weighted by atomic mass is 10.1. The Balaban J connectivity index is 0.000000561. The molecule has 0 heterocycles. The molecule has 0 amide bonds. The van der Waals surface area contributed by atoms with Crippen LogP contribution in [0.15, 0.2) is 18.2 Å². The first-order chi connectivity index (χ1) is 5.74. The van der Waals surface area contributed by atoms with Crippen LogP contribution >= 0.6 is 0 Å². The molecule has 0 bridgehead atoms. The van der Waals surface area contributed by atoms with E-state index in [0.29, 0.717) is 0 Å². The maximum atomic E-state index is 8.75. The highest BCUT2D eigenvalue weighted by molar-refractivity contribution is 5.29. The minimum atomic E-state index is 0.140. The summed E-state index contributed by atoms with van der Waals surface area (Å²) in [7, 11) is 0.